The summed E-state index contributed by atoms with van der Waals surface area (Å²) in [6, 6.07) is 1.87. The van der Waals surface area contributed by atoms with Crippen LogP contribution >= 0.6 is 0 Å². The summed E-state index contributed by atoms with van der Waals surface area (Å²) in [7, 11) is 0. The van der Waals surface area contributed by atoms with Crippen LogP contribution in [0.2, 0.25) is 0 Å². The molecule has 1 rings (SSSR count). The molecule has 0 aromatic rings. The molecule has 1 fully saturated rings. The SMILES string of the molecule is CCN(CCC#N)C(=O)N1CCC(C(=O)O)CC1C. The van der Waals surface area contributed by atoms with E-state index in [9.17, 15) is 9.59 Å². The van der Waals surface area contributed by atoms with Crippen LogP contribution in [-0.4, -0.2) is 52.6 Å². The van der Waals surface area contributed by atoms with Crippen molar-refractivity contribution in [2.75, 3.05) is 19.6 Å². The van der Waals surface area contributed by atoms with Crippen molar-refractivity contribution in [3.63, 3.8) is 0 Å². The fraction of sp³-hybridized carbons (Fsp3) is 0.769. The second-order valence-corrected chi connectivity index (χ2v) is 4.87. The molecule has 106 valence electrons. The van der Waals surface area contributed by atoms with E-state index < -0.39 is 5.97 Å². The van der Waals surface area contributed by atoms with E-state index in [1.165, 1.54) is 0 Å². The molecule has 1 aliphatic rings. The van der Waals surface area contributed by atoms with Gasteiger partial charge in [0.05, 0.1) is 18.4 Å². The van der Waals surface area contributed by atoms with Crippen molar-refractivity contribution in [1.29, 1.82) is 5.26 Å². The summed E-state index contributed by atoms with van der Waals surface area (Å²) in [6.45, 7) is 5.22. The van der Waals surface area contributed by atoms with Crippen molar-refractivity contribution in [2.45, 2.75) is 39.2 Å². The summed E-state index contributed by atoms with van der Waals surface area (Å²) < 4.78 is 0. The van der Waals surface area contributed by atoms with Crippen LogP contribution < -0.4 is 0 Å². The minimum absolute atomic E-state index is 0.0708. The van der Waals surface area contributed by atoms with Crippen molar-refractivity contribution in [3.05, 3.63) is 0 Å². The van der Waals surface area contributed by atoms with E-state index in [1.54, 1.807) is 9.80 Å². The molecule has 0 aromatic heterocycles. The lowest BCUT2D eigenvalue weighted by molar-refractivity contribution is -0.143. The highest BCUT2D eigenvalue weighted by Crippen LogP contribution is 2.24. The lowest BCUT2D eigenvalue weighted by Gasteiger charge is -2.39. The topological polar surface area (TPSA) is 84.6 Å². The lowest BCUT2D eigenvalue weighted by Crippen LogP contribution is -2.51. The van der Waals surface area contributed by atoms with Crippen molar-refractivity contribution in [1.82, 2.24) is 9.80 Å². The summed E-state index contributed by atoms with van der Waals surface area (Å²) >= 11 is 0. The third-order valence-corrected chi connectivity index (χ3v) is 3.62. The molecule has 1 saturated heterocycles. The monoisotopic (exact) mass is 267 g/mol. The highest BCUT2D eigenvalue weighted by Gasteiger charge is 2.33. The molecule has 0 bridgehead atoms. The van der Waals surface area contributed by atoms with E-state index in [4.69, 9.17) is 10.4 Å². The number of nitrogens with zero attached hydrogens (tertiary/aromatic N) is 3. The Morgan fingerprint density at radius 3 is 2.68 bits per heavy atom. The first kappa shape index (κ1) is 15.3. The van der Waals surface area contributed by atoms with E-state index in [0.717, 1.165) is 0 Å². The Hall–Kier alpha value is -1.77. The van der Waals surface area contributed by atoms with Crippen LogP contribution in [0.3, 0.4) is 0 Å². The van der Waals surface area contributed by atoms with Gasteiger partial charge in [-0.2, -0.15) is 5.26 Å². The normalized spacial score (nSPS) is 22.7. The minimum atomic E-state index is -0.782. The Morgan fingerprint density at radius 2 is 2.21 bits per heavy atom. The minimum Gasteiger partial charge on any atom is -0.481 e. The average molecular weight is 267 g/mol. The van der Waals surface area contributed by atoms with Crippen LogP contribution in [0, 0.1) is 17.2 Å². The van der Waals surface area contributed by atoms with Crippen LogP contribution in [0.25, 0.3) is 0 Å². The van der Waals surface area contributed by atoms with Gasteiger partial charge in [-0.05, 0) is 26.7 Å². The number of urea groups is 1. The summed E-state index contributed by atoms with van der Waals surface area (Å²) in [4.78, 5) is 26.6. The molecule has 19 heavy (non-hydrogen) atoms. The van der Waals surface area contributed by atoms with E-state index in [2.05, 4.69) is 0 Å². The van der Waals surface area contributed by atoms with Gasteiger partial charge in [-0.3, -0.25) is 4.79 Å². The number of carbonyl (C=O) groups excluding carboxylic acids is 1. The predicted molar refractivity (Wildman–Crippen MR) is 69.4 cm³/mol. The number of amides is 2. The number of likely N-dealkylation sites (tertiary alicyclic amines) is 1. The van der Waals surface area contributed by atoms with Crippen molar-refractivity contribution < 1.29 is 14.7 Å². The molecular formula is C13H21N3O3. The summed E-state index contributed by atoms with van der Waals surface area (Å²) in [5.41, 5.74) is 0. The molecular weight excluding hydrogens is 246 g/mol. The van der Waals surface area contributed by atoms with Crippen molar-refractivity contribution in [3.8, 4) is 6.07 Å². The molecule has 0 saturated carbocycles. The van der Waals surface area contributed by atoms with Gasteiger partial charge in [-0.25, -0.2) is 4.79 Å². The summed E-state index contributed by atoms with van der Waals surface area (Å²) in [5, 5.41) is 17.6. The van der Waals surface area contributed by atoms with Gasteiger partial charge in [-0.15, -0.1) is 0 Å². The number of nitriles is 1. The highest BCUT2D eigenvalue weighted by molar-refractivity contribution is 5.76. The molecule has 0 spiro atoms. The van der Waals surface area contributed by atoms with Crippen LogP contribution in [0.4, 0.5) is 4.79 Å². The quantitative estimate of drug-likeness (QED) is 0.837. The Labute approximate surface area is 113 Å². The maximum atomic E-state index is 12.3. The van der Waals surface area contributed by atoms with Gasteiger partial charge in [-0.1, -0.05) is 0 Å². The molecule has 0 aromatic carbocycles. The third kappa shape index (κ3) is 3.85. The van der Waals surface area contributed by atoms with E-state index in [-0.39, 0.29) is 18.0 Å². The molecule has 2 atom stereocenters. The largest absolute Gasteiger partial charge is 0.481 e. The van der Waals surface area contributed by atoms with Gasteiger partial charge >= 0.3 is 12.0 Å². The number of aliphatic carboxylic acids is 1. The van der Waals surface area contributed by atoms with Gasteiger partial charge in [0.25, 0.3) is 0 Å². The number of rotatable bonds is 4. The second-order valence-electron chi connectivity index (χ2n) is 4.87. The zero-order chi connectivity index (χ0) is 14.4. The van der Waals surface area contributed by atoms with E-state index >= 15 is 0 Å². The van der Waals surface area contributed by atoms with Crippen LogP contribution in [0.1, 0.15) is 33.1 Å². The number of carboxylic acid groups (broad SMARTS) is 1. The smallest absolute Gasteiger partial charge is 0.320 e. The van der Waals surface area contributed by atoms with Crippen LogP contribution in [-0.2, 0) is 4.79 Å². The number of carboxylic acids is 1. The van der Waals surface area contributed by atoms with E-state index in [0.29, 0.717) is 38.9 Å². The molecule has 2 amide bonds. The zero-order valence-corrected chi connectivity index (χ0v) is 11.5. The van der Waals surface area contributed by atoms with Crippen molar-refractivity contribution >= 4 is 12.0 Å². The predicted octanol–water partition coefficient (Wildman–Crippen LogP) is 1.53. The summed E-state index contributed by atoms with van der Waals surface area (Å²) in [6.07, 6.45) is 1.32. The Bertz CT molecular complexity index is 378. The van der Waals surface area contributed by atoms with Crippen LogP contribution in [0.5, 0.6) is 0 Å². The van der Waals surface area contributed by atoms with Gasteiger partial charge in [0.2, 0.25) is 0 Å². The maximum Gasteiger partial charge on any atom is 0.320 e. The molecule has 0 aliphatic carbocycles. The Balaban J connectivity index is 2.62. The molecule has 0 radical (unpaired) electrons. The number of carbonyl (C=O) groups is 2. The second kappa shape index (κ2) is 6.98. The zero-order valence-electron chi connectivity index (χ0n) is 11.5. The fourth-order valence-electron chi connectivity index (χ4n) is 2.44. The standard InChI is InChI=1S/C13H21N3O3/c1-3-15(7-4-6-14)13(19)16-8-5-11(12(17)18)9-10(16)2/h10-11H,3-5,7-9H2,1-2H3,(H,17,18). The molecule has 2 unspecified atom stereocenters. The first-order valence-electron chi connectivity index (χ1n) is 6.66. The van der Waals surface area contributed by atoms with E-state index in [1.807, 2.05) is 19.9 Å². The van der Waals surface area contributed by atoms with Gasteiger partial charge in [0.1, 0.15) is 0 Å². The fourth-order valence-corrected chi connectivity index (χ4v) is 2.44. The maximum absolute atomic E-state index is 12.3. The average Bonchev–Trinajstić information content (AvgIpc) is 2.39. The van der Waals surface area contributed by atoms with Gasteiger partial charge in [0, 0.05) is 25.7 Å². The van der Waals surface area contributed by atoms with Gasteiger partial charge < -0.3 is 14.9 Å². The molecule has 1 heterocycles. The molecule has 6 nitrogen and oxygen atoms in total. The first-order chi connectivity index (χ1) is 9.01. The molecule has 6 heteroatoms. The first-order valence-corrected chi connectivity index (χ1v) is 6.66. The highest BCUT2D eigenvalue weighted by atomic mass is 16.4. The number of hydrogen-bond acceptors (Lipinski definition) is 3. The number of piperidine rings is 1. The Morgan fingerprint density at radius 1 is 1.53 bits per heavy atom. The molecule has 1 N–H and O–H groups in total. The number of hydrogen-bond donors (Lipinski definition) is 1. The van der Waals surface area contributed by atoms with Crippen molar-refractivity contribution in [2.24, 2.45) is 5.92 Å². The van der Waals surface area contributed by atoms with Gasteiger partial charge in [0.15, 0.2) is 0 Å². The third-order valence-electron chi connectivity index (χ3n) is 3.62. The lowest BCUT2D eigenvalue weighted by atomic mass is 9.92. The molecule has 1 aliphatic heterocycles. The Kier molecular flexibility index (Phi) is 5.61. The van der Waals surface area contributed by atoms with Crippen LogP contribution in [0.15, 0.2) is 0 Å². The summed E-state index contributed by atoms with van der Waals surface area (Å²) in [5.74, 6) is -1.14.